The summed E-state index contributed by atoms with van der Waals surface area (Å²) in [6.07, 6.45) is 2.53. The molecule has 0 aliphatic carbocycles. The van der Waals surface area contributed by atoms with E-state index in [9.17, 15) is 9.59 Å². The molecule has 1 aromatic carbocycles. The van der Waals surface area contributed by atoms with Gasteiger partial charge in [-0.3, -0.25) is 4.79 Å². The van der Waals surface area contributed by atoms with Gasteiger partial charge in [-0.2, -0.15) is 0 Å². The van der Waals surface area contributed by atoms with Crippen molar-refractivity contribution in [1.82, 2.24) is 9.97 Å². The highest BCUT2D eigenvalue weighted by Gasteiger charge is 2.17. The van der Waals surface area contributed by atoms with E-state index < -0.39 is 11.9 Å². The molecular weight excluding hydrogens is 342 g/mol. The molecular formula is C13H10BrN3O4. The number of carboxylic acid groups (broad SMARTS) is 1. The van der Waals surface area contributed by atoms with E-state index in [0.717, 1.165) is 0 Å². The van der Waals surface area contributed by atoms with Crippen molar-refractivity contribution in [3.8, 4) is 5.75 Å². The largest absolute Gasteiger partial charge is 0.497 e. The second-order valence-electron chi connectivity index (χ2n) is 3.86. The van der Waals surface area contributed by atoms with E-state index in [0.29, 0.717) is 10.2 Å². The summed E-state index contributed by atoms with van der Waals surface area (Å²) in [7, 11) is 1.48. The number of carbonyl (C=O) groups is 2. The zero-order chi connectivity index (χ0) is 15.4. The van der Waals surface area contributed by atoms with Crippen LogP contribution in [0.2, 0.25) is 0 Å². The number of halogens is 1. The lowest BCUT2D eigenvalue weighted by molar-refractivity contribution is 0.0691. The number of rotatable bonds is 4. The van der Waals surface area contributed by atoms with Crippen molar-refractivity contribution in [2.24, 2.45) is 0 Å². The number of ether oxygens (including phenoxy) is 1. The van der Waals surface area contributed by atoms with Gasteiger partial charge in [0.1, 0.15) is 5.75 Å². The predicted molar refractivity (Wildman–Crippen MR) is 77.6 cm³/mol. The Morgan fingerprint density at radius 2 is 2.00 bits per heavy atom. The quantitative estimate of drug-likeness (QED) is 0.875. The normalized spacial score (nSPS) is 10.0. The van der Waals surface area contributed by atoms with E-state index in [1.165, 1.54) is 25.6 Å². The molecule has 0 radical (unpaired) electrons. The molecule has 0 aliphatic heterocycles. The van der Waals surface area contributed by atoms with Crippen LogP contribution in [0.5, 0.6) is 5.75 Å². The molecule has 0 aliphatic rings. The van der Waals surface area contributed by atoms with Crippen molar-refractivity contribution >= 4 is 33.6 Å². The van der Waals surface area contributed by atoms with Gasteiger partial charge in [0.25, 0.3) is 5.91 Å². The van der Waals surface area contributed by atoms with Crippen molar-refractivity contribution in [3.05, 3.63) is 46.3 Å². The summed E-state index contributed by atoms with van der Waals surface area (Å²) in [4.78, 5) is 30.7. The third-order valence-corrected chi connectivity index (χ3v) is 3.24. The van der Waals surface area contributed by atoms with Crippen LogP contribution in [-0.2, 0) is 0 Å². The van der Waals surface area contributed by atoms with Crippen molar-refractivity contribution < 1.29 is 19.4 Å². The first kappa shape index (κ1) is 14.9. The Balaban J connectivity index is 2.33. The van der Waals surface area contributed by atoms with Gasteiger partial charge < -0.3 is 15.2 Å². The second-order valence-corrected chi connectivity index (χ2v) is 4.71. The number of nitrogens with zero attached hydrogens (tertiary/aromatic N) is 2. The lowest BCUT2D eigenvalue weighted by atomic mass is 10.2. The lowest BCUT2D eigenvalue weighted by Gasteiger charge is -2.09. The molecule has 2 N–H and O–H groups in total. The smallest absolute Gasteiger partial charge is 0.358 e. The van der Waals surface area contributed by atoms with E-state index in [2.05, 4.69) is 31.2 Å². The molecule has 21 heavy (non-hydrogen) atoms. The van der Waals surface area contributed by atoms with Gasteiger partial charge in [0.15, 0.2) is 11.5 Å². The maximum absolute atomic E-state index is 12.2. The van der Waals surface area contributed by atoms with E-state index >= 15 is 0 Å². The second kappa shape index (κ2) is 6.31. The van der Waals surface area contributed by atoms with Gasteiger partial charge in [0, 0.05) is 16.9 Å². The number of hydrogen-bond acceptors (Lipinski definition) is 5. The summed E-state index contributed by atoms with van der Waals surface area (Å²) in [5.41, 5.74) is -0.0405. The lowest BCUT2D eigenvalue weighted by Crippen LogP contribution is -2.17. The third-order valence-electron chi connectivity index (χ3n) is 2.55. The highest BCUT2D eigenvalue weighted by Crippen LogP contribution is 2.23. The Morgan fingerprint density at radius 3 is 2.67 bits per heavy atom. The third kappa shape index (κ3) is 3.34. The number of nitrogens with one attached hydrogen (secondary N) is 1. The van der Waals surface area contributed by atoms with Crippen molar-refractivity contribution in [1.29, 1.82) is 0 Å². The standard InChI is InChI=1S/C13H10BrN3O4/c1-21-7-2-3-9(14)8(6-7)12(18)17-11-10(13(19)20)15-4-5-16-11/h2-6H,1H3,(H,19,20)(H,16,17,18). The first-order valence-corrected chi connectivity index (χ1v) is 6.51. The average Bonchev–Trinajstić information content (AvgIpc) is 2.48. The molecule has 1 heterocycles. The van der Waals surface area contributed by atoms with Gasteiger partial charge in [-0.1, -0.05) is 0 Å². The molecule has 7 nitrogen and oxygen atoms in total. The molecule has 0 fully saturated rings. The molecule has 0 saturated carbocycles. The highest BCUT2D eigenvalue weighted by molar-refractivity contribution is 9.10. The van der Waals surface area contributed by atoms with Gasteiger partial charge in [-0.05, 0) is 34.1 Å². The van der Waals surface area contributed by atoms with Crippen LogP contribution in [0.3, 0.4) is 0 Å². The van der Waals surface area contributed by atoms with Gasteiger partial charge in [-0.15, -0.1) is 0 Å². The van der Waals surface area contributed by atoms with Crippen LogP contribution in [0.15, 0.2) is 35.1 Å². The van der Waals surface area contributed by atoms with E-state index in [1.54, 1.807) is 12.1 Å². The zero-order valence-corrected chi connectivity index (χ0v) is 12.4. The number of amides is 1. The number of aromatic carboxylic acids is 1. The molecule has 0 unspecified atom stereocenters. The SMILES string of the molecule is COc1ccc(Br)c(C(=O)Nc2nccnc2C(=O)O)c1. The molecule has 8 heteroatoms. The number of hydrogen-bond donors (Lipinski definition) is 2. The van der Waals surface area contributed by atoms with Crippen molar-refractivity contribution in [2.45, 2.75) is 0 Å². The van der Waals surface area contributed by atoms with Crippen LogP contribution in [0.4, 0.5) is 5.82 Å². The van der Waals surface area contributed by atoms with Crippen LogP contribution in [0.25, 0.3) is 0 Å². The maximum Gasteiger partial charge on any atom is 0.358 e. The number of carbonyl (C=O) groups excluding carboxylic acids is 1. The van der Waals surface area contributed by atoms with Crippen molar-refractivity contribution in [2.75, 3.05) is 12.4 Å². The predicted octanol–water partition coefficient (Wildman–Crippen LogP) is 2.20. The molecule has 0 saturated heterocycles. The van der Waals surface area contributed by atoms with E-state index in [1.807, 2.05) is 0 Å². The fourth-order valence-electron chi connectivity index (χ4n) is 1.57. The Labute approximate surface area is 128 Å². The Morgan fingerprint density at radius 1 is 1.29 bits per heavy atom. The van der Waals surface area contributed by atoms with E-state index in [4.69, 9.17) is 9.84 Å². The Kier molecular flexibility index (Phi) is 4.49. The summed E-state index contributed by atoms with van der Waals surface area (Å²) in [5, 5.41) is 11.4. The van der Waals surface area contributed by atoms with Gasteiger partial charge in [0.05, 0.1) is 12.7 Å². The molecule has 0 atom stereocenters. The molecule has 2 rings (SSSR count). The number of carboxylic acids is 1. The van der Waals surface area contributed by atoms with Crippen LogP contribution in [0, 0.1) is 0 Å². The molecule has 0 spiro atoms. The zero-order valence-electron chi connectivity index (χ0n) is 10.8. The number of methoxy groups -OCH3 is 1. The van der Waals surface area contributed by atoms with E-state index in [-0.39, 0.29) is 17.1 Å². The Hall–Kier alpha value is -2.48. The van der Waals surface area contributed by atoms with Crippen LogP contribution >= 0.6 is 15.9 Å². The molecule has 0 bridgehead atoms. The van der Waals surface area contributed by atoms with Crippen molar-refractivity contribution in [3.63, 3.8) is 0 Å². The summed E-state index contributed by atoms with van der Waals surface area (Å²) < 4.78 is 5.59. The van der Waals surface area contributed by atoms with Gasteiger partial charge in [0.2, 0.25) is 0 Å². The fraction of sp³-hybridized carbons (Fsp3) is 0.0769. The summed E-state index contributed by atoms with van der Waals surface area (Å²) in [6.45, 7) is 0. The Bertz CT molecular complexity index is 706. The van der Waals surface area contributed by atoms with Gasteiger partial charge >= 0.3 is 5.97 Å². The van der Waals surface area contributed by atoms with Crippen LogP contribution < -0.4 is 10.1 Å². The van der Waals surface area contributed by atoms with Gasteiger partial charge in [-0.25, -0.2) is 14.8 Å². The molecule has 2 aromatic rings. The number of benzene rings is 1. The molecule has 1 amide bonds. The summed E-state index contributed by atoms with van der Waals surface area (Å²) in [6, 6.07) is 4.87. The minimum absolute atomic E-state index is 0.121. The highest BCUT2D eigenvalue weighted by atomic mass is 79.9. The average molecular weight is 352 g/mol. The minimum atomic E-state index is -1.27. The molecule has 108 valence electrons. The van der Waals surface area contributed by atoms with Crippen LogP contribution in [-0.4, -0.2) is 34.1 Å². The maximum atomic E-state index is 12.2. The number of anilines is 1. The van der Waals surface area contributed by atoms with Crippen LogP contribution in [0.1, 0.15) is 20.8 Å². The topological polar surface area (TPSA) is 101 Å². The number of aromatic nitrogens is 2. The minimum Gasteiger partial charge on any atom is -0.497 e. The monoisotopic (exact) mass is 351 g/mol. The first-order chi connectivity index (χ1) is 10.0. The fourth-order valence-corrected chi connectivity index (χ4v) is 1.99. The summed E-state index contributed by atoms with van der Waals surface area (Å²) in [5.74, 6) is -1.42. The summed E-state index contributed by atoms with van der Waals surface area (Å²) >= 11 is 3.25. The first-order valence-electron chi connectivity index (χ1n) is 5.72. The molecule has 1 aromatic heterocycles.